The Morgan fingerprint density at radius 2 is 1.94 bits per heavy atom. The first kappa shape index (κ1) is 12.4. The van der Waals surface area contributed by atoms with Gasteiger partial charge in [-0.05, 0) is 24.6 Å². The summed E-state index contributed by atoms with van der Waals surface area (Å²) in [6, 6.07) is 12.3. The van der Waals surface area contributed by atoms with Gasteiger partial charge in [0.05, 0.1) is 12.3 Å². The van der Waals surface area contributed by atoms with Crippen LogP contribution in [0, 0.1) is 0 Å². The number of carbonyl (C=O) groups is 1. The molecule has 2 N–H and O–H groups in total. The van der Waals surface area contributed by atoms with Gasteiger partial charge >= 0.3 is 5.97 Å². The van der Waals surface area contributed by atoms with Crippen LogP contribution in [-0.2, 0) is 4.79 Å². The molecule has 2 rings (SSSR count). The Balaban J connectivity index is 2.27. The van der Waals surface area contributed by atoms with Crippen molar-refractivity contribution in [2.75, 3.05) is 0 Å². The van der Waals surface area contributed by atoms with Gasteiger partial charge in [-0.3, -0.25) is 10.1 Å². The standard InChI is InChI=1S/C14H15NO3/c1-10(14(16)17)15-13(12-8-5-9-18-12)11-6-3-2-4-7-11/h2-10,13,15H,1H3,(H,16,17). The molecular weight excluding hydrogens is 230 g/mol. The van der Waals surface area contributed by atoms with E-state index in [9.17, 15) is 4.79 Å². The van der Waals surface area contributed by atoms with Crippen LogP contribution in [0.3, 0.4) is 0 Å². The second-order valence-corrected chi connectivity index (χ2v) is 4.09. The fourth-order valence-corrected chi connectivity index (χ4v) is 1.76. The third-order valence-electron chi connectivity index (χ3n) is 2.75. The minimum Gasteiger partial charge on any atom is -0.480 e. The molecule has 2 unspecified atom stereocenters. The fraction of sp³-hybridized carbons (Fsp3) is 0.214. The summed E-state index contributed by atoms with van der Waals surface area (Å²) in [4.78, 5) is 10.9. The lowest BCUT2D eigenvalue weighted by molar-refractivity contribution is -0.139. The highest BCUT2D eigenvalue weighted by Gasteiger charge is 2.21. The van der Waals surface area contributed by atoms with Crippen LogP contribution in [-0.4, -0.2) is 17.1 Å². The molecule has 94 valence electrons. The summed E-state index contributed by atoms with van der Waals surface area (Å²) in [5, 5.41) is 12.0. The van der Waals surface area contributed by atoms with E-state index < -0.39 is 12.0 Å². The third-order valence-corrected chi connectivity index (χ3v) is 2.75. The molecule has 0 bridgehead atoms. The largest absolute Gasteiger partial charge is 0.480 e. The van der Waals surface area contributed by atoms with Crippen molar-refractivity contribution in [3.8, 4) is 0 Å². The number of furan rings is 1. The van der Waals surface area contributed by atoms with Crippen molar-refractivity contribution in [3.63, 3.8) is 0 Å². The van der Waals surface area contributed by atoms with Gasteiger partial charge in [0.1, 0.15) is 11.8 Å². The summed E-state index contributed by atoms with van der Waals surface area (Å²) >= 11 is 0. The highest BCUT2D eigenvalue weighted by molar-refractivity contribution is 5.73. The molecule has 4 heteroatoms. The summed E-state index contributed by atoms with van der Waals surface area (Å²) < 4.78 is 5.38. The van der Waals surface area contributed by atoms with Crippen molar-refractivity contribution in [2.45, 2.75) is 19.0 Å². The molecule has 2 aromatic rings. The smallest absolute Gasteiger partial charge is 0.320 e. The third kappa shape index (κ3) is 2.78. The SMILES string of the molecule is CC(NC(c1ccccc1)c1ccco1)C(=O)O. The summed E-state index contributed by atoms with van der Waals surface area (Å²) in [5.41, 5.74) is 0.973. The molecule has 4 nitrogen and oxygen atoms in total. The van der Waals surface area contributed by atoms with Gasteiger partial charge in [0, 0.05) is 0 Å². The van der Waals surface area contributed by atoms with Crippen LogP contribution in [0.15, 0.2) is 53.1 Å². The molecule has 0 aliphatic carbocycles. The zero-order valence-electron chi connectivity index (χ0n) is 10.0. The number of carboxylic acid groups (broad SMARTS) is 1. The topological polar surface area (TPSA) is 62.5 Å². The molecule has 0 amide bonds. The highest BCUT2D eigenvalue weighted by Crippen LogP contribution is 2.22. The highest BCUT2D eigenvalue weighted by atomic mass is 16.4. The minimum absolute atomic E-state index is 0.257. The number of aliphatic carboxylic acids is 1. The Labute approximate surface area is 105 Å². The quantitative estimate of drug-likeness (QED) is 0.849. The lowest BCUT2D eigenvalue weighted by atomic mass is 10.0. The van der Waals surface area contributed by atoms with E-state index in [2.05, 4.69) is 5.32 Å². The molecule has 0 radical (unpaired) electrons. The van der Waals surface area contributed by atoms with Gasteiger partial charge in [-0.1, -0.05) is 30.3 Å². The van der Waals surface area contributed by atoms with Gasteiger partial charge < -0.3 is 9.52 Å². The second-order valence-electron chi connectivity index (χ2n) is 4.09. The number of hydrogen-bond acceptors (Lipinski definition) is 3. The van der Waals surface area contributed by atoms with Crippen LogP contribution in [0.4, 0.5) is 0 Å². The maximum absolute atomic E-state index is 10.9. The Bertz CT molecular complexity index is 493. The number of rotatable bonds is 5. The molecule has 0 aliphatic rings. The molecule has 1 aromatic heterocycles. The number of nitrogens with one attached hydrogen (secondary N) is 1. The van der Waals surface area contributed by atoms with Gasteiger partial charge in [0.25, 0.3) is 0 Å². The molecule has 0 aliphatic heterocycles. The van der Waals surface area contributed by atoms with E-state index in [1.54, 1.807) is 19.3 Å². The molecule has 1 heterocycles. The lowest BCUT2D eigenvalue weighted by Crippen LogP contribution is -2.37. The lowest BCUT2D eigenvalue weighted by Gasteiger charge is -2.19. The Hall–Kier alpha value is -2.07. The van der Waals surface area contributed by atoms with Crippen LogP contribution in [0.25, 0.3) is 0 Å². The minimum atomic E-state index is -0.887. The predicted octanol–water partition coefficient (Wildman–Crippen LogP) is 2.43. The van der Waals surface area contributed by atoms with E-state index in [-0.39, 0.29) is 6.04 Å². The van der Waals surface area contributed by atoms with Crippen molar-refractivity contribution in [2.24, 2.45) is 0 Å². The fourth-order valence-electron chi connectivity index (χ4n) is 1.76. The van der Waals surface area contributed by atoms with Gasteiger partial charge in [-0.15, -0.1) is 0 Å². The summed E-state index contributed by atoms with van der Waals surface area (Å²) in [6.45, 7) is 1.61. The summed E-state index contributed by atoms with van der Waals surface area (Å²) in [5.74, 6) is -0.184. The van der Waals surface area contributed by atoms with E-state index in [1.807, 2.05) is 36.4 Å². The molecule has 18 heavy (non-hydrogen) atoms. The molecule has 1 aromatic carbocycles. The molecule has 2 atom stereocenters. The van der Waals surface area contributed by atoms with Crippen molar-refractivity contribution < 1.29 is 14.3 Å². The van der Waals surface area contributed by atoms with Gasteiger partial charge in [0.2, 0.25) is 0 Å². The first-order chi connectivity index (χ1) is 8.68. The first-order valence-electron chi connectivity index (χ1n) is 5.75. The first-order valence-corrected chi connectivity index (χ1v) is 5.75. The number of carboxylic acids is 1. The molecule has 0 saturated carbocycles. The molecule has 0 fully saturated rings. The van der Waals surface area contributed by atoms with Crippen molar-refractivity contribution in [1.82, 2.24) is 5.32 Å². The van der Waals surface area contributed by atoms with E-state index in [4.69, 9.17) is 9.52 Å². The van der Waals surface area contributed by atoms with E-state index in [0.717, 1.165) is 5.56 Å². The number of hydrogen-bond donors (Lipinski definition) is 2. The number of benzene rings is 1. The van der Waals surface area contributed by atoms with Gasteiger partial charge in [0.15, 0.2) is 0 Å². The van der Waals surface area contributed by atoms with Crippen LogP contribution in [0.1, 0.15) is 24.3 Å². The van der Waals surface area contributed by atoms with Crippen LogP contribution in [0.5, 0.6) is 0 Å². The molecule has 0 spiro atoms. The maximum Gasteiger partial charge on any atom is 0.320 e. The van der Waals surface area contributed by atoms with Crippen molar-refractivity contribution in [1.29, 1.82) is 0 Å². The zero-order valence-corrected chi connectivity index (χ0v) is 10.0. The van der Waals surface area contributed by atoms with E-state index in [0.29, 0.717) is 5.76 Å². The van der Waals surface area contributed by atoms with Crippen LogP contribution < -0.4 is 5.32 Å². The Kier molecular flexibility index (Phi) is 3.79. The summed E-state index contributed by atoms with van der Waals surface area (Å²) in [6.07, 6.45) is 1.58. The van der Waals surface area contributed by atoms with Gasteiger partial charge in [-0.2, -0.15) is 0 Å². The average Bonchev–Trinajstić information content (AvgIpc) is 2.90. The monoisotopic (exact) mass is 245 g/mol. The Morgan fingerprint density at radius 3 is 2.50 bits per heavy atom. The normalized spacial score (nSPS) is 14.1. The van der Waals surface area contributed by atoms with Gasteiger partial charge in [-0.25, -0.2) is 0 Å². The molecular formula is C14H15NO3. The van der Waals surface area contributed by atoms with E-state index in [1.165, 1.54) is 0 Å². The van der Waals surface area contributed by atoms with Crippen molar-refractivity contribution in [3.05, 3.63) is 60.1 Å². The zero-order chi connectivity index (χ0) is 13.0. The van der Waals surface area contributed by atoms with Crippen molar-refractivity contribution >= 4 is 5.97 Å². The predicted molar refractivity (Wildman–Crippen MR) is 67.2 cm³/mol. The van der Waals surface area contributed by atoms with Crippen LogP contribution in [0.2, 0.25) is 0 Å². The maximum atomic E-state index is 10.9. The van der Waals surface area contributed by atoms with E-state index >= 15 is 0 Å². The molecule has 0 saturated heterocycles. The van der Waals surface area contributed by atoms with Crippen LogP contribution >= 0.6 is 0 Å². The summed E-state index contributed by atoms with van der Waals surface area (Å²) in [7, 11) is 0. The Morgan fingerprint density at radius 1 is 1.22 bits per heavy atom. The second kappa shape index (κ2) is 5.51. The average molecular weight is 245 g/mol.